The molecule has 2 nitrogen and oxygen atoms in total. The molecule has 1 aromatic rings. The zero-order chi connectivity index (χ0) is 15.2. The Morgan fingerprint density at radius 2 is 1.81 bits per heavy atom. The lowest BCUT2D eigenvalue weighted by molar-refractivity contribution is 0.120. The Morgan fingerprint density at radius 1 is 1.19 bits per heavy atom. The monoisotopic (exact) mass is 288 g/mol. The number of piperidine rings is 1. The Morgan fingerprint density at radius 3 is 2.38 bits per heavy atom. The fourth-order valence-electron chi connectivity index (χ4n) is 3.29. The Labute approximate surface area is 130 Å². The van der Waals surface area contributed by atoms with Gasteiger partial charge in [-0.2, -0.15) is 0 Å². The fraction of sp³-hybridized carbons (Fsp3) is 0.684. The molecule has 118 valence electrons. The Balaban J connectivity index is 2.09. The predicted molar refractivity (Wildman–Crippen MR) is 91.6 cm³/mol. The van der Waals surface area contributed by atoms with Gasteiger partial charge < -0.3 is 5.32 Å². The van der Waals surface area contributed by atoms with Gasteiger partial charge in [-0.1, -0.05) is 43.7 Å². The van der Waals surface area contributed by atoms with Gasteiger partial charge in [0.15, 0.2) is 0 Å². The summed E-state index contributed by atoms with van der Waals surface area (Å²) in [5.41, 5.74) is 2.77. The van der Waals surface area contributed by atoms with Crippen molar-refractivity contribution < 1.29 is 0 Å². The van der Waals surface area contributed by atoms with Crippen molar-refractivity contribution >= 4 is 0 Å². The van der Waals surface area contributed by atoms with Gasteiger partial charge in [0, 0.05) is 12.1 Å². The van der Waals surface area contributed by atoms with Crippen LogP contribution in [-0.4, -0.2) is 30.6 Å². The fourth-order valence-corrected chi connectivity index (χ4v) is 3.29. The summed E-state index contributed by atoms with van der Waals surface area (Å²) in [6, 6.07) is 10.1. The highest BCUT2D eigenvalue weighted by Crippen LogP contribution is 2.26. The van der Waals surface area contributed by atoms with Gasteiger partial charge in [-0.15, -0.1) is 0 Å². The third-order valence-corrected chi connectivity index (χ3v) is 4.93. The molecule has 1 aliphatic heterocycles. The van der Waals surface area contributed by atoms with Gasteiger partial charge in [0.25, 0.3) is 0 Å². The van der Waals surface area contributed by atoms with Gasteiger partial charge in [-0.3, -0.25) is 4.90 Å². The van der Waals surface area contributed by atoms with Crippen LogP contribution in [0.3, 0.4) is 0 Å². The summed E-state index contributed by atoms with van der Waals surface area (Å²) < 4.78 is 0. The maximum atomic E-state index is 3.77. The molecule has 2 unspecified atom stereocenters. The molecule has 1 fully saturated rings. The van der Waals surface area contributed by atoms with Gasteiger partial charge in [0.2, 0.25) is 0 Å². The number of rotatable bonds is 6. The molecule has 0 spiro atoms. The molecule has 0 aromatic heterocycles. The van der Waals surface area contributed by atoms with Crippen molar-refractivity contribution in [3.05, 3.63) is 35.4 Å². The lowest BCUT2D eigenvalue weighted by atomic mass is 9.93. The Kier molecular flexibility index (Phi) is 6.25. The summed E-state index contributed by atoms with van der Waals surface area (Å²) in [7, 11) is 0. The van der Waals surface area contributed by atoms with Crippen LogP contribution in [0.4, 0.5) is 0 Å². The normalized spacial score (nSPS) is 20.4. The number of likely N-dealkylation sites (tertiary alicyclic amines) is 1. The number of benzene rings is 1. The summed E-state index contributed by atoms with van der Waals surface area (Å²) in [6.45, 7) is 12.8. The van der Waals surface area contributed by atoms with Crippen LogP contribution in [0.1, 0.15) is 57.2 Å². The molecule has 1 heterocycles. The summed E-state index contributed by atoms with van der Waals surface area (Å²) in [5, 5.41) is 3.77. The molecule has 1 aliphatic rings. The van der Waals surface area contributed by atoms with E-state index in [1.807, 2.05) is 0 Å². The third kappa shape index (κ3) is 4.55. The van der Waals surface area contributed by atoms with Crippen LogP contribution in [0, 0.1) is 12.8 Å². The summed E-state index contributed by atoms with van der Waals surface area (Å²) in [5.74, 6) is 0.898. The zero-order valence-corrected chi connectivity index (χ0v) is 14.2. The van der Waals surface area contributed by atoms with Gasteiger partial charge in [0.1, 0.15) is 0 Å². The van der Waals surface area contributed by atoms with Crippen molar-refractivity contribution in [1.82, 2.24) is 10.2 Å². The number of nitrogens with zero attached hydrogens (tertiary/aromatic N) is 1. The lowest BCUT2D eigenvalue weighted by Gasteiger charge is -2.39. The van der Waals surface area contributed by atoms with E-state index >= 15 is 0 Å². The first-order valence-corrected chi connectivity index (χ1v) is 8.65. The number of aryl methyl sites for hydroxylation is 1. The molecule has 2 atom stereocenters. The summed E-state index contributed by atoms with van der Waals surface area (Å²) >= 11 is 0. The van der Waals surface area contributed by atoms with Gasteiger partial charge in [-0.05, 0) is 64.2 Å². The van der Waals surface area contributed by atoms with Crippen LogP contribution in [-0.2, 0) is 0 Å². The van der Waals surface area contributed by atoms with Crippen LogP contribution in [0.15, 0.2) is 24.3 Å². The minimum absolute atomic E-state index is 0.443. The number of hydrogen-bond donors (Lipinski definition) is 1. The molecule has 2 rings (SSSR count). The standard InChI is InChI=1S/C19H32N2/c1-5-12-20-19(18-8-6-15(2)7-9-18)17(4)21-13-10-16(3)11-14-21/h6-9,16-17,19-20H,5,10-14H2,1-4H3. The lowest BCUT2D eigenvalue weighted by Crippen LogP contribution is -2.46. The van der Waals surface area contributed by atoms with Gasteiger partial charge in [0.05, 0.1) is 0 Å². The van der Waals surface area contributed by atoms with Crippen LogP contribution < -0.4 is 5.32 Å². The number of nitrogens with one attached hydrogen (secondary N) is 1. The SMILES string of the molecule is CCCNC(c1ccc(C)cc1)C(C)N1CCC(C)CC1. The van der Waals surface area contributed by atoms with Crippen molar-refractivity contribution in [2.24, 2.45) is 5.92 Å². The van der Waals surface area contributed by atoms with Crippen molar-refractivity contribution in [2.75, 3.05) is 19.6 Å². The van der Waals surface area contributed by atoms with E-state index in [1.165, 1.54) is 43.5 Å². The molecule has 0 saturated carbocycles. The number of hydrogen-bond acceptors (Lipinski definition) is 2. The van der Waals surface area contributed by atoms with E-state index in [0.717, 1.165) is 12.5 Å². The first-order chi connectivity index (χ1) is 10.1. The Hall–Kier alpha value is -0.860. The van der Waals surface area contributed by atoms with E-state index in [-0.39, 0.29) is 0 Å². The van der Waals surface area contributed by atoms with Crippen molar-refractivity contribution in [2.45, 2.75) is 59.0 Å². The molecule has 21 heavy (non-hydrogen) atoms. The molecule has 0 amide bonds. The summed E-state index contributed by atoms with van der Waals surface area (Å²) in [6.07, 6.45) is 3.88. The molecule has 0 aliphatic carbocycles. The van der Waals surface area contributed by atoms with Gasteiger partial charge in [-0.25, -0.2) is 0 Å². The molecular weight excluding hydrogens is 256 g/mol. The minimum Gasteiger partial charge on any atom is -0.309 e. The average molecular weight is 288 g/mol. The predicted octanol–water partition coefficient (Wildman–Crippen LogP) is 4.16. The third-order valence-electron chi connectivity index (χ3n) is 4.93. The van der Waals surface area contributed by atoms with E-state index in [9.17, 15) is 0 Å². The smallest absolute Gasteiger partial charge is 0.0475 e. The molecule has 0 bridgehead atoms. The maximum Gasteiger partial charge on any atom is 0.0475 e. The van der Waals surface area contributed by atoms with E-state index in [0.29, 0.717) is 12.1 Å². The van der Waals surface area contributed by atoms with Crippen LogP contribution in [0.5, 0.6) is 0 Å². The quantitative estimate of drug-likeness (QED) is 0.845. The van der Waals surface area contributed by atoms with E-state index in [1.54, 1.807) is 0 Å². The van der Waals surface area contributed by atoms with Crippen LogP contribution in [0.2, 0.25) is 0 Å². The molecule has 1 aromatic carbocycles. The largest absolute Gasteiger partial charge is 0.309 e. The van der Waals surface area contributed by atoms with Crippen LogP contribution >= 0.6 is 0 Å². The zero-order valence-electron chi connectivity index (χ0n) is 14.2. The summed E-state index contributed by atoms with van der Waals surface area (Å²) in [4.78, 5) is 2.67. The molecule has 2 heteroatoms. The highest BCUT2D eigenvalue weighted by molar-refractivity contribution is 5.25. The van der Waals surface area contributed by atoms with E-state index in [4.69, 9.17) is 0 Å². The second-order valence-electron chi connectivity index (χ2n) is 6.80. The molecule has 0 radical (unpaired) electrons. The molecular formula is C19H32N2. The first kappa shape index (κ1) is 16.5. The maximum absolute atomic E-state index is 3.77. The molecule has 1 saturated heterocycles. The van der Waals surface area contributed by atoms with Crippen molar-refractivity contribution in [3.63, 3.8) is 0 Å². The second kappa shape index (κ2) is 7.95. The highest BCUT2D eigenvalue weighted by atomic mass is 15.2. The first-order valence-electron chi connectivity index (χ1n) is 8.65. The van der Waals surface area contributed by atoms with Crippen LogP contribution in [0.25, 0.3) is 0 Å². The van der Waals surface area contributed by atoms with E-state index < -0.39 is 0 Å². The van der Waals surface area contributed by atoms with E-state index in [2.05, 4.69) is 62.2 Å². The van der Waals surface area contributed by atoms with Crippen molar-refractivity contribution in [1.29, 1.82) is 0 Å². The molecule has 1 N–H and O–H groups in total. The second-order valence-corrected chi connectivity index (χ2v) is 6.80. The van der Waals surface area contributed by atoms with Crippen molar-refractivity contribution in [3.8, 4) is 0 Å². The highest BCUT2D eigenvalue weighted by Gasteiger charge is 2.27. The average Bonchev–Trinajstić information content (AvgIpc) is 2.50. The van der Waals surface area contributed by atoms with Gasteiger partial charge >= 0.3 is 0 Å². The Bertz CT molecular complexity index is 404. The topological polar surface area (TPSA) is 15.3 Å². The minimum atomic E-state index is 0.443.